The number of aromatic nitrogens is 3. The molecule has 1 fully saturated rings. The third kappa shape index (κ3) is 2.60. The van der Waals surface area contributed by atoms with Crippen molar-refractivity contribution >= 4 is 22.8 Å². The number of fused-ring (bicyclic) bond motifs is 1. The van der Waals surface area contributed by atoms with Crippen molar-refractivity contribution in [1.82, 2.24) is 20.3 Å². The van der Waals surface area contributed by atoms with Crippen LogP contribution in [0, 0.1) is 6.92 Å². The number of amides is 1. The van der Waals surface area contributed by atoms with Crippen molar-refractivity contribution in [1.29, 1.82) is 0 Å². The van der Waals surface area contributed by atoms with Gasteiger partial charge in [0.25, 0.3) is 5.91 Å². The minimum Gasteiger partial charge on any atom is -0.451 e. The van der Waals surface area contributed by atoms with Gasteiger partial charge in [-0.2, -0.15) is 0 Å². The molecule has 124 valence electrons. The number of hydrogen-bond donors (Lipinski definition) is 2. The van der Waals surface area contributed by atoms with Crippen molar-refractivity contribution in [3.63, 3.8) is 0 Å². The van der Waals surface area contributed by atoms with E-state index in [2.05, 4.69) is 32.5 Å². The molecule has 1 aliphatic carbocycles. The first-order chi connectivity index (χ1) is 11.6. The van der Waals surface area contributed by atoms with Crippen LogP contribution in [-0.2, 0) is 6.54 Å². The van der Waals surface area contributed by atoms with E-state index in [1.54, 1.807) is 6.92 Å². The minimum absolute atomic E-state index is 0.0287. The molecule has 1 amide bonds. The van der Waals surface area contributed by atoms with E-state index < -0.39 is 0 Å². The first-order valence-corrected chi connectivity index (χ1v) is 7.73. The van der Waals surface area contributed by atoms with E-state index in [0.717, 1.165) is 12.8 Å². The molecule has 3 aromatic heterocycles. The lowest BCUT2D eigenvalue weighted by molar-refractivity contribution is 0.0950. The van der Waals surface area contributed by atoms with Gasteiger partial charge in [-0.1, -0.05) is 0 Å². The zero-order chi connectivity index (χ0) is 16.7. The van der Waals surface area contributed by atoms with Gasteiger partial charge in [0.05, 0.1) is 23.2 Å². The predicted molar refractivity (Wildman–Crippen MR) is 85.5 cm³/mol. The highest BCUT2D eigenvalue weighted by Crippen LogP contribution is 2.40. The van der Waals surface area contributed by atoms with Gasteiger partial charge in [-0.05, 0) is 26.7 Å². The van der Waals surface area contributed by atoms with Crippen LogP contribution in [0.5, 0.6) is 0 Å². The number of oxazole rings is 1. The highest BCUT2D eigenvalue weighted by Gasteiger charge is 2.38. The molecule has 24 heavy (non-hydrogen) atoms. The second kappa shape index (κ2) is 5.33. The normalized spacial score (nSPS) is 15.4. The Morgan fingerprint density at radius 3 is 2.88 bits per heavy atom. The molecule has 4 rings (SSSR count). The van der Waals surface area contributed by atoms with Gasteiger partial charge < -0.3 is 19.5 Å². The van der Waals surface area contributed by atoms with Crippen molar-refractivity contribution in [3.8, 4) is 0 Å². The second-order valence-corrected chi connectivity index (χ2v) is 6.28. The summed E-state index contributed by atoms with van der Waals surface area (Å²) >= 11 is 0. The highest BCUT2D eigenvalue weighted by atomic mass is 16.3. The summed E-state index contributed by atoms with van der Waals surface area (Å²) in [4.78, 5) is 25.1. The summed E-state index contributed by atoms with van der Waals surface area (Å²) in [7, 11) is 0. The average molecular weight is 327 g/mol. The van der Waals surface area contributed by atoms with Crippen LogP contribution in [0.3, 0.4) is 0 Å². The van der Waals surface area contributed by atoms with Crippen LogP contribution in [0.4, 0.5) is 5.82 Å². The van der Waals surface area contributed by atoms with Gasteiger partial charge in [-0.3, -0.25) is 4.79 Å². The predicted octanol–water partition coefficient (Wildman–Crippen LogP) is 2.41. The van der Waals surface area contributed by atoms with E-state index in [9.17, 15) is 4.79 Å². The molecular formula is C16H17N5O3. The van der Waals surface area contributed by atoms with Crippen molar-refractivity contribution in [2.45, 2.75) is 38.8 Å². The third-order valence-corrected chi connectivity index (χ3v) is 4.23. The van der Waals surface area contributed by atoms with Crippen molar-refractivity contribution in [2.75, 3.05) is 5.32 Å². The van der Waals surface area contributed by atoms with Crippen LogP contribution >= 0.6 is 0 Å². The average Bonchev–Trinajstić information content (AvgIpc) is 2.98. The molecule has 3 heterocycles. The smallest absolute Gasteiger partial charge is 0.255 e. The molecule has 0 atom stereocenters. The van der Waals surface area contributed by atoms with Crippen molar-refractivity contribution < 1.29 is 13.6 Å². The Bertz CT molecular complexity index is 896. The summed E-state index contributed by atoms with van der Waals surface area (Å²) in [5, 5.41) is 6.83. The van der Waals surface area contributed by atoms with Gasteiger partial charge in [-0.25, -0.2) is 15.0 Å². The van der Waals surface area contributed by atoms with Crippen LogP contribution in [0.2, 0.25) is 0 Å². The van der Waals surface area contributed by atoms with Crippen molar-refractivity contribution in [3.05, 3.63) is 36.0 Å². The van der Waals surface area contributed by atoms with Crippen molar-refractivity contribution in [2.24, 2.45) is 0 Å². The zero-order valence-electron chi connectivity index (χ0n) is 13.4. The summed E-state index contributed by atoms with van der Waals surface area (Å²) in [6.45, 7) is 4.14. The van der Waals surface area contributed by atoms with Crippen LogP contribution in [-0.4, -0.2) is 26.4 Å². The maximum Gasteiger partial charge on any atom is 0.255 e. The first-order valence-electron chi connectivity index (χ1n) is 7.73. The number of nitrogens with one attached hydrogen (secondary N) is 2. The molecule has 0 aliphatic heterocycles. The third-order valence-electron chi connectivity index (χ3n) is 4.23. The largest absolute Gasteiger partial charge is 0.451 e. The maximum absolute atomic E-state index is 12.7. The van der Waals surface area contributed by atoms with E-state index >= 15 is 0 Å². The lowest BCUT2D eigenvalue weighted by atomic mass is 10.1. The zero-order valence-corrected chi connectivity index (χ0v) is 13.4. The molecule has 1 aliphatic rings. The number of carbonyl (C=O) groups is 1. The summed E-state index contributed by atoms with van der Waals surface area (Å²) in [6, 6.07) is 0. The molecule has 0 bridgehead atoms. The Kier molecular flexibility index (Phi) is 3.26. The molecule has 0 aromatic carbocycles. The number of anilines is 1. The summed E-state index contributed by atoms with van der Waals surface area (Å²) in [5.41, 5.74) is 1.52. The standard InChI is InChI=1S/C16H17N5O3/c1-9-11(14(22)17-5-10-6-23-8-20-10)12-13(21-16(2)3-4-16)18-7-19-15(12)24-9/h6-8H,3-5H2,1-2H3,(H,17,22)(H,18,19,21). The Morgan fingerprint density at radius 2 is 2.17 bits per heavy atom. The number of hydrogen-bond acceptors (Lipinski definition) is 7. The lowest BCUT2D eigenvalue weighted by Crippen LogP contribution is -2.24. The van der Waals surface area contributed by atoms with Crippen LogP contribution in [0.1, 0.15) is 41.6 Å². The van der Waals surface area contributed by atoms with E-state index in [-0.39, 0.29) is 18.0 Å². The minimum atomic E-state index is -0.256. The summed E-state index contributed by atoms with van der Waals surface area (Å²) in [5.74, 6) is 0.878. The number of carbonyl (C=O) groups excluding carboxylic acids is 1. The molecule has 0 unspecified atom stereocenters. The maximum atomic E-state index is 12.7. The van der Waals surface area contributed by atoms with Gasteiger partial charge in [0.1, 0.15) is 24.2 Å². The summed E-state index contributed by atoms with van der Waals surface area (Å²) < 4.78 is 10.5. The fourth-order valence-electron chi connectivity index (χ4n) is 2.59. The Morgan fingerprint density at radius 1 is 1.33 bits per heavy atom. The molecule has 2 N–H and O–H groups in total. The Labute approximate surface area is 137 Å². The molecular weight excluding hydrogens is 310 g/mol. The number of aryl methyl sites for hydroxylation is 1. The van der Waals surface area contributed by atoms with Gasteiger partial charge in [-0.15, -0.1) is 0 Å². The van der Waals surface area contributed by atoms with E-state index in [4.69, 9.17) is 8.83 Å². The number of nitrogens with zero attached hydrogens (tertiary/aromatic N) is 3. The molecule has 8 heteroatoms. The van der Waals surface area contributed by atoms with Gasteiger partial charge in [0.15, 0.2) is 6.39 Å². The molecule has 0 radical (unpaired) electrons. The highest BCUT2D eigenvalue weighted by molar-refractivity contribution is 6.10. The fraction of sp³-hybridized carbons (Fsp3) is 0.375. The summed E-state index contributed by atoms with van der Waals surface area (Å²) in [6.07, 6.45) is 6.40. The Hall–Kier alpha value is -2.90. The van der Waals surface area contributed by atoms with E-state index in [1.807, 2.05) is 0 Å². The molecule has 3 aromatic rings. The van der Waals surface area contributed by atoms with E-state index in [1.165, 1.54) is 19.0 Å². The van der Waals surface area contributed by atoms with Crippen LogP contribution in [0.15, 0.2) is 27.8 Å². The topological polar surface area (TPSA) is 106 Å². The number of rotatable bonds is 5. The second-order valence-electron chi connectivity index (χ2n) is 6.28. The monoisotopic (exact) mass is 327 g/mol. The quantitative estimate of drug-likeness (QED) is 0.741. The van der Waals surface area contributed by atoms with Crippen LogP contribution in [0.25, 0.3) is 11.1 Å². The molecule has 0 spiro atoms. The molecule has 8 nitrogen and oxygen atoms in total. The van der Waals surface area contributed by atoms with E-state index in [0.29, 0.717) is 33.9 Å². The van der Waals surface area contributed by atoms with Gasteiger partial charge in [0, 0.05) is 5.54 Å². The van der Waals surface area contributed by atoms with Gasteiger partial charge in [0.2, 0.25) is 5.71 Å². The molecule has 0 saturated heterocycles. The number of furan rings is 1. The van der Waals surface area contributed by atoms with Crippen LogP contribution < -0.4 is 10.6 Å². The fourth-order valence-corrected chi connectivity index (χ4v) is 2.59. The lowest BCUT2D eigenvalue weighted by Gasteiger charge is -2.13. The Balaban J connectivity index is 1.68. The van der Waals surface area contributed by atoms with Gasteiger partial charge >= 0.3 is 0 Å². The SMILES string of the molecule is Cc1oc2ncnc(NC3(C)CC3)c2c1C(=O)NCc1cocn1. The molecule has 1 saturated carbocycles. The first kappa shape index (κ1) is 14.7.